The van der Waals surface area contributed by atoms with Crippen molar-refractivity contribution >= 4 is 5.91 Å². The Labute approximate surface area is 196 Å². The van der Waals surface area contributed by atoms with Crippen molar-refractivity contribution in [3.05, 3.63) is 65.2 Å². The lowest BCUT2D eigenvalue weighted by atomic mass is 9.85. The fourth-order valence-electron chi connectivity index (χ4n) is 5.66. The Morgan fingerprint density at radius 3 is 2.12 bits per heavy atom. The number of alkyl halides is 3. The number of halogens is 3. The van der Waals surface area contributed by atoms with Gasteiger partial charge in [0.25, 0.3) is 5.91 Å². The van der Waals surface area contributed by atoms with Crippen molar-refractivity contribution in [2.75, 3.05) is 26.2 Å². The highest BCUT2D eigenvalue weighted by molar-refractivity contribution is 5.94. The number of hydrogen-bond acceptors (Lipinski definition) is 4. The van der Waals surface area contributed by atoms with Gasteiger partial charge in [-0.3, -0.25) is 4.79 Å². The predicted molar refractivity (Wildman–Crippen MR) is 120 cm³/mol. The van der Waals surface area contributed by atoms with Crippen LogP contribution >= 0.6 is 0 Å². The molecular weight excluding hydrogens is 445 g/mol. The van der Waals surface area contributed by atoms with Crippen LogP contribution in [0.2, 0.25) is 0 Å². The van der Waals surface area contributed by atoms with Gasteiger partial charge >= 0.3 is 6.18 Å². The molecule has 2 N–H and O–H groups in total. The molecule has 0 spiro atoms. The summed E-state index contributed by atoms with van der Waals surface area (Å²) in [5, 5.41) is 14.1. The molecule has 1 aliphatic carbocycles. The van der Waals surface area contributed by atoms with Crippen molar-refractivity contribution in [1.29, 1.82) is 0 Å². The van der Waals surface area contributed by atoms with Crippen LogP contribution in [0.4, 0.5) is 13.2 Å². The van der Waals surface area contributed by atoms with Gasteiger partial charge in [0.1, 0.15) is 5.75 Å². The summed E-state index contributed by atoms with van der Waals surface area (Å²) in [5.41, 5.74) is -0.0410. The maximum absolute atomic E-state index is 13.1. The van der Waals surface area contributed by atoms with E-state index in [4.69, 9.17) is 4.74 Å². The summed E-state index contributed by atoms with van der Waals surface area (Å²) < 4.78 is 44.2. The van der Waals surface area contributed by atoms with E-state index >= 15 is 0 Å². The molecule has 0 radical (unpaired) electrons. The lowest BCUT2D eigenvalue weighted by molar-refractivity contribution is -0.137. The molecule has 1 saturated carbocycles. The van der Waals surface area contributed by atoms with Gasteiger partial charge in [-0.25, -0.2) is 0 Å². The zero-order valence-corrected chi connectivity index (χ0v) is 18.9. The number of nitrogens with one attached hydrogen (secondary N) is 1. The molecule has 2 aliphatic heterocycles. The third kappa shape index (κ3) is 4.66. The second kappa shape index (κ2) is 8.89. The van der Waals surface area contributed by atoms with Gasteiger partial charge in [-0.15, -0.1) is 0 Å². The fraction of sp³-hybridized carbons (Fsp3) is 0.500. The van der Waals surface area contributed by atoms with Crippen LogP contribution in [0.25, 0.3) is 0 Å². The predicted octanol–water partition coefficient (Wildman–Crippen LogP) is 4.21. The van der Waals surface area contributed by atoms with Gasteiger partial charge in [-0.2, -0.15) is 13.2 Å². The molecule has 2 aromatic rings. The highest BCUT2D eigenvalue weighted by Crippen LogP contribution is 2.41. The molecule has 5 rings (SSSR count). The Bertz CT molecular complexity index is 1000. The Kier molecular flexibility index (Phi) is 6.06. The lowest BCUT2D eigenvalue weighted by Gasteiger charge is -2.33. The molecule has 8 heteroatoms. The van der Waals surface area contributed by atoms with Crippen molar-refractivity contribution in [3.8, 4) is 5.75 Å². The van der Waals surface area contributed by atoms with E-state index in [1.807, 2.05) is 29.2 Å². The highest BCUT2D eigenvalue weighted by Gasteiger charge is 2.43. The molecule has 2 aromatic carbocycles. The summed E-state index contributed by atoms with van der Waals surface area (Å²) in [6.07, 6.45) is -1.51. The largest absolute Gasteiger partial charge is 0.490 e. The van der Waals surface area contributed by atoms with Gasteiger partial charge in [-0.05, 0) is 92.6 Å². The normalized spacial score (nSPS) is 26.4. The van der Waals surface area contributed by atoms with E-state index in [-0.39, 0.29) is 12.0 Å². The fourth-order valence-corrected chi connectivity index (χ4v) is 5.66. The van der Waals surface area contributed by atoms with Crippen LogP contribution in [0.5, 0.6) is 5.75 Å². The highest BCUT2D eigenvalue weighted by atomic mass is 19.4. The van der Waals surface area contributed by atoms with Gasteiger partial charge < -0.3 is 20.1 Å². The molecule has 2 heterocycles. The van der Waals surface area contributed by atoms with Gasteiger partial charge in [0.2, 0.25) is 0 Å². The van der Waals surface area contributed by atoms with Crippen LogP contribution in [-0.4, -0.2) is 48.2 Å². The number of fused-ring (bicyclic) bond motifs is 1. The smallest absolute Gasteiger partial charge is 0.416 e. The molecule has 0 aromatic heterocycles. The maximum atomic E-state index is 13.1. The van der Waals surface area contributed by atoms with Gasteiger partial charge in [0, 0.05) is 18.7 Å². The summed E-state index contributed by atoms with van der Waals surface area (Å²) in [5.74, 6) is 1.11. The molecule has 2 saturated heterocycles. The summed E-state index contributed by atoms with van der Waals surface area (Å²) in [4.78, 5) is 14.9. The SMILES string of the molecule is O=C(c1ccc(C2(O)CCNCC2)cc1)N1CC2CC(Oc3ccc(C(F)(F)F)cc3)CC2C1. The number of carbonyl (C=O) groups excluding carboxylic acids is 1. The van der Waals surface area contributed by atoms with Crippen molar-refractivity contribution in [1.82, 2.24) is 10.2 Å². The molecule has 5 nitrogen and oxygen atoms in total. The van der Waals surface area contributed by atoms with E-state index in [1.54, 1.807) is 0 Å². The molecule has 0 bridgehead atoms. The topological polar surface area (TPSA) is 61.8 Å². The maximum Gasteiger partial charge on any atom is 0.416 e. The number of aliphatic hydroxyl groups is 1. The van der Waals surface area contributed by atoms with Crippen LogP contribution < -0.4 is 10.1 Å². The van der Waals surface area contributed by atoms with Crippen molar-refractivity contribution < 1.29 is 27.8 Å². The van der Waals surface area contributed by atoms with Crippen LogP contribution in [-0.2, 0) is 11.8 Å². The number of rotatable bonds is 4. The first kappa shape index (κ1) is 23.2. The molecule has 1 amide bonds. The Balaban J connectivity index is 1.15. The molecule has 2 atom stereocenters. The molecule has 2 unspecified atom stereocenters. The monoisotopic (exact) mass is 474 g/mol. The minimum absolute atomic E-state index is 0.00143. The zero-order valence-electron chi connectivity index (χ0n) is 18.9. The average molecular weight is 475 g/mol. The number of nitrogens with zero attached hydrogens (tertiary/aromatic N) is 1. The molecule has 34 heavy (non-hydrogen) atoms. The van der Waals surface area contributed by atoms with Gasteiger partial charge in [0.15, 0.2) is 0 Å². The van der Waals surface area contributed by atoms with Crippen LogP contribution in [0, 0.1) is 11.8 Å². The third-order valence-electron chi connectivity index (χ3n) is 7.58. The number of carbonyl (C=O) groups is 1. The van der Waals surface area contributed by atoms with Crippen LogP contribution in [0.1, 0.15) is 47.2 Å². The summed E-state index contributed by atoms with van der Waals surface area (Å²) in [6, 6.07) is 12.2. The molecule has 3 fully saturated rings. The van der Waals surface area contributed by atoms with E-state index in [0.717, 1.165) is 43.6 Å². The van der Waals surface area contributed by atoms with Crippen LogP contribution in [0.15, 0.2) is 48.5 Å². The van der Waals surface area contributed by atoms with Crippen molar-refractivity contribution in [2.24, 2.45) is 11.8 Å². The standard InChI is InChI=1S/C26H29F3N2O3/c27-26(28,29)21-5-7-22(8-6-21)34-23-13-18-15-31(16-19(18)14-23)24(32)17-1-3-20(4-2-17)25(33)9-11-30-12-10-25/h1-8,18-19,23,30,33H,9-16H2. The van der Waals surface area contributed by atoms with E-state index in [1.165, 1.54) is 12.1 Å². The Morgan fingerprint density at radius 1 is 0.971 bits per heavy atom. The van der Waals surface area contributed by atoms with E-state index < -0.39 is 17.3 Å². The number of amides is 1. The number of hydrogen-bond donors (Lipinski definition) is 2. The number of likely N-dealkylation sites (tertiary alicyclic amines) is 1. The van der Waals surface area contributed by atoms with E-state index in [0.29, 0.717) is 49.1 Å². The lowest BCUT2D eigenvalue weighted by Crippen LogP contribution is -2.39. The molecule has 3 aliphatic rings. The Morgan fingerprint density at radius 2 is 1.56 bits per heavy atom. The first-order valence-electron chi connectivity index (χ1n) is 11.9. The molecule has 182 valence electrons. The first-order valence-corrected chi connectivity index (χ1v) is 11.9. The average Bonchev–Trinajstić information content (AvgIpc) is 3.38. The third-order valence-corrected chi connectivity index (χ3v) is 7.58. The summed E-state index contributed by atoms with van der Waals surface area (Å²) >= 11 is 0. The van der Waals surface area contributed by atoms with Crippen molar-refractivity contribution in [3.63, 3.8) is 0 Å². The van der Waals surface area contributed by atoms with Crippen LogP contribution in [0.3, 0.4) is 0 Å². The quantitative estimate of drug-likeness (QED) is 0.697. The summed E-state index contributed by atoms with van der Waals surface area (Å²) in [7, 11) is 0. The number of ether oxygens (including phenoxy) is 1. The summed E-state index contributed by atoms with van der Waals surface area (Å²) in [6.45, 7) is 2.87. The number of benzene rings is 2. The molecular formula is C26H29F3N2O3. The second-order valence-corrected chi connectivity index (χ2v) is 9.82. The van der Waals surface area contributed by atoms with Gasteiger partial charge in [0.05, 0.1) is 17.3 Å². The van der Waals surface area contributed by atoms with Gasteiger partial charge in [-0.1, -0.05) is 12.1 Å². The Hall–Kier alpha value is -2.58. The minimum Gasteiger partial charge on any atom is -0.490 e. The first-order chi connectivity index (χ1) is 16.2. The zero-order chi connectivity index (χ0) is 23.9. The van der Waals surface area contributed by atoms with Crippen molar-refractivity contribution in [2.45, 2.75) is 43.6 Å². The minimum atomic E-state index is -4.36. The van der Waals surface area contributed by atoms with E-state index in [9.17, 15) is 23.1 Å². The number of piperidine rings is 1. The van der Waals surface area contributed by atoms with E-state index in [2.05, 4.69) is 5.32 Å². The second-order valence-electron chi connectivity index (χ2n) is 9.82.